The molecule has 2 aromatic rings. The van der Waals surface area contributed by atoms with E-state index >= 15 is 0 Å². The van der Waals surface area contributed by atoms with E-state index in [-0.39, 0.29) is 11.6 Å². The van der Waals surface area contributed by atoms with Crippen LogP contribution in [0.3, 0.4) is 0 Å². The zero-order chi connectivity index (χ0) is 14.0. The molecule has 0 saturated carbocycles. The van der Waals surface area contributed by atoms with Crippen molar-refractivity contribution >= 4 is 38.4 Å². The lowest BCUT2D eigenvalue weighted by atomic mass is 10.1. The highest BCUT2D eigenvalue weighted by Gasteiger charge is 2.19. The van der Waals surface area contributed by atoms with Gasteiger partial charge in [-0.25, -0.2) is 4.79 Å². The molecule has 0 radical (unpaired) electrons. The van der Waals surface area contributed by atoms with Gasteiger partial charge in [0.05, 0.1) is 5.69 Å². The second kappa shape index (κ2) is 5.71. The third-order valence-corrected chi connectivity index (χ3v) is 4.14. The number of aryl methyl sites for hydroxylation is 1. The molecular formula is C13H13BrN2O2S. The van der Waals surface area contributed by atoms with Gasteiger partial charge in [-0.15, -0.1) is 0 Å². The Balaban J connectivity index is 2.24. The minimum Gasteiger partial charge on any atom is -0.478 e. The first-order valence-electron chi connectivity index (χ1n) is 5.70. The largest absolute Gasteiger partial charge is 0.478 e. The van der Waals surface area contributed by atoms with Crippen LogP contribution in [0.5, 0.6) is 0 Å². The lowest BCUT2D eigenvalue weighted by molar-refractivity contribution is 0.0697. The SMILES string of the molecule is Cc1nsc(NC(C)c2cccc(Br)c2)c1C(=O)O. The van der Waals surface area contributed by atoms with Crippen molar-refractivity contribution < 1.29 is 9.90 Å². The van der Waals surface area contributed by atoms with Gasteiger partial charge in [0.1, 0.15) is 10.6 Å². The number of aromatic nitrogens is 1. The first kappa shape index (κ1) is 14.0. The molecule has 2 N–H and O–H groups in total. The molecule has 1 unspecified atom stereocenters. The molecule has 0 spiro atoms. The fourth-order valence-electron chi connectivity index (χ4n) is 1.78. The maximum absolute atomic E-state index is 11.2. The molecule has 0 amide bonds. The summed E-state index contributed by atoms with van der Waals surface area (Å²) in [6, 6.07) is 7.92. The summed E-state index contributed by atoms with van der Waals surface area (Å²) in [7, 11) is 0. The Kier molecular flexibility index (Phi) is 4.21. The molecule has 0 fully saturated rings. The molecule has 1 heterocycles. The summed E-state index contributed by atoms with van der Waals surface area (Å²) in [5.74, 6) is -0.949. The van der Waals surface area contributed by atoms with E-state index in [0.29, 0.717) is 10.7 Å². The van der Waals surface area contributed by atoms with E-state index in [1.807, 2.05) is 31.2 Å². The quantitative estimate of drug-likeness (QED) is 0.879. The molecule has 19 heavy (non-hydrogen) atoms. The van der Waals surface area contributed by atoms with Crippen molar-refractivity contribution in [3.63, 3.8) is 0 Å². The highest BCUT2D eigenvalue weighted by molar-refractivity contribution is 9.10. The van der Waals surface area contributed by atoms with Gasteiger partial charge < -0.3 is 10.4 Å². The summed E-state index contributed by atoms with van der Waals surface area (Å²) in [5, 5.41) is 13.0. The van der Waals surface area contributed by atoms with Crippen LogP contribution in [0, 0.1) is 6.92 Å². The molecule has 100 valence electrons. The second-order valence-electron chi connectivity index (χ2n) is 4.20. The van der Waals surface area contributed by atoms with Gasteiger partial charge in [-0.3, -0.25) is 0 Å². The Bertz CT molecular complexity index is 612. The van der Waals surface area contributed by atoms with Gasteiger partial charge in [-0.05, 0) is 43.1 Å². The summed E-state index contributed by atoms with van der Waals surface area (Å²) in [5.41, 5.74) is 1.88. The molecule has 0 saturated heterocycles. The van der Waals surface area contributed by atoms with Crippen molar-refractivity contribution in [3.05, 3.63) is 45.6 Å². The van der Waals surface area contributed by atoms with Crippen LogP contribution in [0.1, 0.15) is 34.6 Å². The number of aromatic carboxylic acids is 1. The molecular weight excluding hydrogens is 328 g/mol. The second-order valence-corrected chi connectivity index (χ2v) is 5.89. The van der Waals surface area contributed by atoms with E-state index in [1.165, 1.54) is 11.5 Å². The fraction of sp³-hybridized carbons (Fsp3) is 0.231. The zero-order valence-corrected chi connectivity index (χ0v) is 12.9. The lowest BCUT2D eigenvalue weighted by Crippen LogP contribution is -2.09. The fourth-order valence-corrected chi connectivity index (χ4v) is 3.07. The number of rotatable bonds is 4. The van der Waals surface area contributed by atoms with Gasteiger partial charge >= 0.3 is 5.97 Å². The number of anilines is 1. The van der Waals surface area contributed by atoms with E-state index in [9.17, 15) is 9.90 Å². The Morgan fingerprint density at radius 3 is 2.89 bits per heavy atom. The number of nitrogens with one attached hydrogen (secondary N) is 1. The van der Waals surface area contributed by atoms with Gasteiger partial charge in [0.25, 0.3) is 0 Å². The number of nitrogens with zero attached hydrogens (tertiary/aromatic N) is 1. The first-order valence-corrected chi connectivity index (χ1v) is 7.27. The average Bonchev–Trinajstić information content (AvgIpc) is 2.70. The van der Waals surface area contributed by atoms with Gasteiger partial charge in [0.2, 0.25) is 0 Å². The van der Waals surface area contributed by atoms with Crippen LogP contribution in [0.4, 0.5) is 5.00 Å². The summed E-state index contributed by atoms with van der Waals surface area (Å²) >= 11 is 4.60. The van der Waals surface area contributed by atoms with E-state index in [2.05, 4.69) is 25.6 Å². The van der Waals surface area contributed by atoms with Crippen LogP contribution in [-0.4, -0.2) is 15.4 Å². The highest BCUT2D eigenvalue weighted by Crippen LogP contribution is 2.29. The molecule has 1 aromatic carbocycles. The lowest BCUT2D eigenvalue weighted by Gasteiger charge is -2.14. The van der Waals surface area contributed by atoms with Crippen molar-refractivity contribution in [3.8, 4) is 0 Å². The minimum atomic E-state index is -0.949. The third-order valence-electron chi connectivity index (χ3n) is 2.77. The number of carboxylic acids is 1. The van der Waals surface area contributed by atoms with E-state index < -0.39 is 5.97 Å². The van der Waals surface area contributed by atoms with Crippen LogP contribution < -0.4 is 5.32 Å². The Labute approximate surface area is 123 Å². The molecule has 0 bridgehead atoms. The number of carboxylic acid groups (broad SMARTS) is 1. The number of hydrogen-bond donors (Lipinski definition) is 2. The molecule has 2 rings (SSSR count). The molecule has 0 aliphatic carbocycles. The van der Waals surface area contributed by atoms with Crippen LogP contribution in [0.15, 0.2) is 28.7 Å². The molecule has 6 heteroatoms. The summed E-state index contributed by atoms with van der Waals surface area (Å²) in [6.45, 7) is 3.69. The van der Waals surface area contributed by atoms with E-state index in [4.69, 9.17) is 0 Å². The van der Waals surface area contributed by atoms with Crippen molar-refractivity contribution in [1.29, 1.82) is 0 Å². The number of hydrogen-bond acceptors (Lipinski definition) is 4. The number of carbonyl (C=O) groups is 1. The predicted molar refractivity (Wildman–Crippen MR) is 80.0 cm³/mol. The zero-order valence-electron chi connectivity index (χ0n) is 10.5. The Hall–Kier alpha value is -1.40. The minimum absolute atomic E-state index is 0.00968. The number of benzene rings is 1. The highest BCUT2D eigenvalue weighted by atomic mass is 79.9. The molecule has 0 aliphatic heterocycles. The Morgan fingerprint density at radius 2 is 2.26 bits per heavy atom. The summed E-state index contributed by atoms with van der Waals surface area (Å²) in [6.07, 6.45) is 0. The van der Waals surface area contributed by atoms with Crippen LogP contribution in [0.25, 0.3) is 0 Å². The molecule has 1 aromatic heterocycles. The number of halogens is 1. The van der Waals surface area contributed by atoms with Crippen LogP contribution in [-0.2, 0) is 0 Å². The summed E-state index contributed by atoms with van der Waals surface area (Å²) in [4.78, 5) is 11.2. The predicted octanol–water partition coefficient (Wildman–Crippen LogP) is 4.09. The van der Waals surface area contributed by atoms with Crippen molar-refractivity contribution in [1.82, 2.24) is 4.37 Å². The summed E-state index contributed by atoms with van der Waals surface area (Å²) < 4.78 is 5.09. The van der Waals surface area contributed by atoms with Crippen molar-refractivity contribution in [2.75, 3.05) is 5.32 Å². The molecule has 1 atom stereocenters. The average molecular weight is 341 g/mol. The monoisotopic (exact) mass is 340 g/mol. The first-order chi connectivity index (χ1) is 8.99. The van der Waals surface area contributed by atoms with Crippen LogP contribution in [0.2, 0.25) is 0 Å². The van der Waals surface area contributed by atoms with Crippen molar-refractivity contribution in [2.24, 2.45) is 0 Å². The molecule has 0 aliphatic rings. The maximum Gasteiger partial charge on any atom is 0.340 e. The normalized spacial score (nSPS) is 12.2. The smallest absolute Gasteiger partial charge is 0.340 e. The van der Waals surface area contributed by atoms with Gasteiger partial charge in [0.15, 0.2) is 0 Å². The van der Waals surface area contributed by atoms with E-state index in [0.717, 1.165) is 10.0 Å². The maximum atomic E-state index is 11.2. The Morgan fingerprint density at radius 1 is 1.53 bits per heavy atom. The van der Waals surface area contributed by atoms with Crippen molar-refractivity contribution in [2.45, 2.75) is 19.9 Å². The third kappa shape index (κ3) is 3.13. The van der Waals surface area contributed by atoms with Gasteiger partial charge in [-0.1, -0.05) is 28.1 Å². The molecule has 4 nitrogen and oxygen atoms in total. The van der Waals surface area contributed by atoms with Crippen LogP contribution >= 0.6 is 27.5 Å². The van der Waals surface area contributed by atoms with Gasteiger partial charge in [0, 0.05) is 10.5 Å². The van der Waals surface area contributed by atoms with E-state index in [1.54, 1.807) is 6.92 Å². The van der Waals surface area contributed by atoms with Gasteiger partial charge in [-0.2, -0.15) is 4.37 Å². The standard InChI is InChI=1S/C13H13BrN2O2S/c1-7(9-4-3-5-10(14)6-9)15-12-11(13(17)18)8(2)16-19-12/h3-7,15H,1-2H3,(H,17,18). The topological polar surface area (TPSA) is 62.2 Å².